The summed E-state index contributed by atoms with van der Waals surface area (Å²) in [7, 11) is 0. The van der Waals surface area contributed by atoms with Crippen LogP contribution in [0.4, 0.5) is 0 Å². The number of allylic oxidation sites excluding steroid dienone is 4. The van der Waals surface area contributed by atoms with Crippen molar-refractivity contribution in [3.8, 4) is 55.6 Å². The normalized spacial score (nSPS) is 14.8. The van der Waals surface area contributed by atoms with E-state index in [1.165, 1.54) is 83.5 Å². The molecular formula is C44H34. The van der Waals surface area contributed by atoms with E-state index in [0.717, 1.165) is 6.42 Å². The van der Waals surface area contributed by atoms with E-state index in [1.54, 1.807) is 0 Å². The second kappa shape index (κ2) is 10.8. The molecule has 0 spiro atoms. The van der Waals surface area contributed by atoms with Gasteiger partial charge < -0.3 is 0 Å². The Kier molecular flexibility index (Phi) is 6.50. The molecule has 0 saturated heterocycles. The first-order valence-electron chi connectivity index (χ1n) is 15.6. The van der Waals surface area contributed by atoms with Crippen LogP contribution in [0.25, 0.3) is 61.2 Å². The molecule has 0 heterocycles. The lowest BCUT2D eigenvalue weighted by atomic mass is 9.72. The van der Waals surface area contributed by atoms with Crippen LogP contribution in [-0.2, 0) is 0 Å². The van der Waals surface area contributed by atoms with E-state index in [1.807, 2.05) is 0 Å². The van der Waals surface area contributed by atoms with Gasteiger partial charge in [0.05, 0.1) is 0 Å². The third kappa shape index (κ3) is 4.74. The third-order valence-corrected chi connectivity index (χ3v) is 9.28. The molecule has 0 heteroatoms. The van der Waals surface area contributed by atoms with Gasteiger partial charge in [-0.05, 0) is 123 Å². The molecule has 0 nitrogen and oxygen atoms in total. The largest absolute Gasteiger partial charge is 0.0836 e. The maximum absolute atomic E-state index is 2.42. The Morgan fingerprint density at radius 3 is 1.59 bits per heavy atom. The van der Waals surface area contributed by atoms with Crippen LogP contribution in [0.1, 0.15) is 34.6 Å². The highest BCUT2D eigenvalue weighted by molar-refractivity contribution is 5.93. The molecule has 8 rings (SSSR count). The van der Waals surface area contributed by atoms with Crippen LogP contribution in [0, 0.1) is 13.8 Å². The summed E-state index contributed by atoms with van der Waals surface area (Å²) in [6, 6.07) is 49.8. The summed E-state index contributed by atoms with van der Waals surface area (Å²) in [6.45, 7) is 4.33. The molecule has 0 aromatic heterocycles. The fraction of sp³-hybridized carbons (Fsp3) is 0.0909. The minimum absolute atomic E-state index is 0.426. The van der Waals surface area contributed by atoms with Crippen molar-refractivity contribution in [1.82, 2.24) is 0 Å². The van der Waals surface area contributed by atoms with Gasteiger partial charge in [0.1, 0.15) is 0 Å². The van der Waals surface area contributed by atoms with E-state index in [0.29, 0.717) is 5.92 Å². The summed E-state index contributed by atoms with van der Waals surface area (Å²) >= 11 is 0. The summed E-state index contributed by atoms with van der Waals surface area (Å²) in [4.78, 5) is 0. The molecule has 2 aliphatic carbocycles. The fourth-order valence-corrected chi connectivity index (χ4v) is 7.10. The minimum Gasteiger partial charge on any atom is -0.0836 e. The average Bonchev–Trinajstić information content (AvgIpc) is 3.08. The second-order valence-corrected chi connectivity index (χ2v) is 12.3. The number of hydrogen-bond acceptors (Lipinski definition) is 0. The van der Waals surface area contributed by atoms with Crippen molar-refractivity contribution in [2.45, 2.75) is 26.2 Å². The number of aryl methyl sites for hydroxylation is 2. The number of hydrogen-bond donors (Lipinski definition) is 0. The maximum atomic E-state index is 2.42. The van der Waals surface area contributed by atoms with E-state index in [9.17, 15) is 0 Å². The Balaban J connectivity index is 1.25. The molecule has 0 saturated carbocycles. The molecule has 6 aromatic carbocycles. The standard InChI is InChI=1S/C44H34/c1-29-10-7-12-31(22-29)36-25-37(32-13-8-11-30(2)23-32)27-38(26-36)34-15-9-14-33(24-34)35-20-21-43-41-18-4-3-16-39(41)40-17-5-6-19-42(40)44(43)28-35/h3-17,19-28,41H,18H2,1-2H3. The molecule has 2 aliphatic rings. The molecule has 0 amide bonds. The molecule has 210 valence electrons. The Hall–Kier alpha value is -5.20. The molecular weight excluding hydrogens is 528 g/mol. The van der Waals surface area contributed by atoms with Crippen LogP contribution in [-0.4, -0.2) is 0 Å². The van der Waals surface area contributed by atoms with Gasteiger partial charge >= 0.3 is 0 Å². The fourth-order valence-electron chi connectivity index (χ4n) is 7.10. The lowest BCUT2D eigenvalue weighted by Gasteiger charge is -2.32. The molecule has 44 heavy (non-hydrogen) atoms. The molecule has 0 radical (unpaired) electrons. The summed E-state index contributed by atoms with van der Waals surface area (Å²) < 4.78 is 0. The minimum atomic E-state index is 0.426. The summed E-state index contributed by atoms with van der Waals surface area (Å²) in [5, 5.41) is 0. The molecule has 1 unspecified atom stereocenters. The zero-order valence-corrected chi connectivity index (χ0v) is 25.2. The van der Waals surface area contributed by atoms with Crippen molar-refractivity contribution in [2.24, 2.45) is 0 Å². The van der Waals surface area contributed by atoms with Crippen LogP contribution in [0.3, 0.4) is 0 Å². The number of benzene rings is 6. The molecule has 1 atom stereocenters. The number of rotatable bonds is 4. The highest BCUT2D eigenvalue weighted by Crippen LogP contribution is 2.50. The van der Waals surface area contributed by atoms with Gasteiger partial charge in [-0.2, -0.15) is 0 Å². The summed E-state index contributed by atoms with van der Waals surface area (Å²) in [5.74, 6) is 0.426. The van der Waals surface area contributed by atoms with Crippen LogP contribution >= 0.6 is 0 Å². The van der Waals surface area contributed by atoms with Crippen molar-refractivity contribution >= 4 is 5.57 Å². The van der Waals surface area contributed by atoms with E-state index in [-0.39, 0.29) is 0 Å². The van der Waals surface area contributed by atoms with Gasteiger partial charge in [0.25, 0.3) is 0 Å². The van der Waals surface area contributed by atoms with E-state index in [4.69, 9.17) is 0 Å². The number of fused-ring (bicyclic) bond motifs is 6. The van der Waals surface area contributed by atoms with Gasteiger partial charge in [0.15, 0.2) is 0 Å². The smallest absolute Gasteiger partial charge is 0.0136 e. The third-order valence-electron chi connectivity index (χ3n) is 9.28. The van der Waals surface area contributed by atoms with Crippen LogP contribution in [0.15, 0.2) is 152 Å². The first kappa shape index (κ1) is 26.4. The maximum Gasteiger partial charge on any atom is 0.0136 e. The second-order valence-electron chi connectivity index (χ2n) is 12.3. The van der Waals surface area contributed by atoms with Crippen molar-refractivity contribution in [3.63, 3.8) is 0 Å². The van der Waals surface area contributed by atoms with E-state index in [2.05, 4.69) is 166 Å². The predicted octanol–water partition coefficient (Wildman–Crippen LogP) is 12.1. The highest BCUT2D eigenvalue weighted by Gasteiger charge is 2.29. The van der Waals surface area contributed by atoms with Crippen molar-refractivity contribution < 1.29 is 0 Å². The van der Waals surface area contributed by atoms with Crippen LogP contribution in [0.5, 0.6) is 0 Å². The van der Waals surface area contributed by atoms with Crippen molar-refractivity contribution in [2.75, 3.05) is 0 Å². The monoisotopic (exact) mass is 562 g/mol. The van der Waals surface area contributed by atoms with E-state index < -0.39 is 0 Å². The van der Waals surface area contributed by atoms with Crippen LogP contribution in [0.2, 0.25) is 0 Å². The Labute approximate surface area is 260 Å². The molecule has 6 aromatic rings. The topological polar surface area (TPSA) is 0 Å². The van der Waals surface area contributed by atoms with Gasteiger partial charge in [-0.1, -0.05) is 132 Å². The van der Waals surface area contributed by atoms with E-state index >= 15 is 0 Å². The Morgan fingerprint density at radius 1 is 0.432 bits per heavy atom. The molecule has 0 aliphatic heterocycles. The zero-order chi connectivity index (χ0) is 29.6. The first-order valence-corrected chi connectivity index (χ1v) is 15.6. The Bertz CT molecular complexity index is 2060. The van der Waals surface area contributed by atoms with Crippen molar-refractivity contribution in [1.29, 1.82) is 0 Å². The van der Waals surface area contributed by atoms with Gasteiger partial charge in [-0.3, -0.25) is 0 Å². The first-order chi connectivity index (χ1) is 21.6. The molecule has 0 fully saturated rings. The summed E-state index contributed by atoms with van der Waals surface area (Å²) in [5.41, 5.74) is 19.4. The SMILES string of the molecule is Cc1cccc(-c2cc(-c3cccc(C)c3)cc(-c3cccc(-c4ccc5c(c4)-c4ccccc4C4=CC=CCC45)c3)c2)c1. The zero-order valence-electron chi connectivity index (χ0n) is 25.2. The van der Waals surface area contributed by atoms with Gasteiger partial charge in [-0.15, -0.1) is 0 Å². The van der Waals surface area contributed by atoms with Gasteiger partial charge in [0, 0.05) is 5.92 Å². The lowest BCUT2D eigenvalue weighted by Crippen LogP contribution is -2.11. The van der Waals surface area contributed by atoms with Crippen molar-refractivity contribution in [3.05, 3.63) is 174 Å². The predicted molar refractivity (Wildman–Crippen MR) is 188 cm³/mol. The molecule has 0 bridgehead atoms. The Morgan fingerprint density at radius 2 is 0.955 bits per heavy atom. The lowest BCUT2D eigenvalue weighted by molar-refractivity contribution is 0.868. The summed E-state index contributed by atoms with van der Waals surface area (Å²) in [6.07, 6.45) is 7.89. The quantitative estimate of drug-likeness (QED) is 0.200. The highest BCUT2D eigenvalue weighted by atomic mass is 14.3. The van der Waals surface area contributed by atoms with Crippen LogP contribution < -0.4 is 0 Å². The molecule has 0 N–H and O–H groups in total. The van der Waals surface area contributed by atoms with Gasteiger partial charge in [0.2, 0.25) is 0 Å². The van der Waals surface area contributed by atoms with Gasteiger partial charge in [-0.25, -0.2) is 0 Å². The average molecular weight is 563 g/mol.